The molecule has 0 atom stereocenters. The summed E-state index contributed by atoms with van der Waals surface area (Å²) in [4.78, 5) is 17.1. The highest BCUT2D eigenvalue weighted by atomic mass is 32.2. The normalized spacial score (nSPS) is 17.0. The van der Waals surface area contributed by atoms with Crippen LogP contribution in [-0.2, 0) is 34.2 Å². The minimum atomic E-state index is -3.59. The van der Waals surface area contributed by atoms with Gasteiger partial charge in [-0.05, 0) is 48.2 Å². The van der Waals surface area contributed by atoms with Crippen LogP contribution in [-0.4, -0.2) is 36.7 Å². The number of H-pyrrole nitrogens is 1. The fraction of sp³-hybridized carbons (Fsp3) is 0.286. The van der Waals surface area contributed by atoms with Gasteiger partial charge < -0.3 is 9.88 Å². The van der Waals surface area contributed by atoms with Crippen molar-refractivity contribution in [1.82, 2.24) is 9.29 Å². The fourth-order valence-electron chi connectivity index (χ4n) is 4.39. The van der Waals surface area contributed by atoms with Crippen molar-refractivity contribution in [1.29, 1.82) is 0 Å². The van der Waals surface area contributed by atoms with Crippen LogP contribution in [0.25, 0.3) is 10.9 Å². The Kier molecular flexibility index (Phi) is 3.86. The molecular formula is C21H21N3O3S. The number of benzene rings is 2. The second-order valence-electron chi connectivity index (χ2n) is 7.43. The van der Waals surface area contributed by atoms with Gasteiger partial charge in [-0.1, -0.05) is 18.2 Å². The van der Waals surface area contributed by atoms with E-state index in [1.807, 2.05) is 18.2 Å². The van der Waals surface area contributed by atoms with Crippen LogP contribution in [0.3, 0.4) is 0 Å². The van der Waals surface area contributed by atoms with E-state index >= 15 is 0 Å². The van der Waals surface area contributed by atoms with E-state index in [2.05, 4.69) is 11.1 Å². The van der Waals surface area contributed by atoms with Gasteiger partial charge in [0.25, 0.3) is 0 Å². The molecule has 2 aliphatic heterocycles. The number of amides is 1. The summed E-state index contributed by atoms with van der Waals surface area (Å²) in [6.07, 6.45) is 1.38. The third-order valence-corrected chi connectivity index (χ3v) is 7.65. The molecule has 0 bridgehead atoms. The molecule has 2 aliphatic rings. The first kappa shape index (κ1) is 17.5. The van der Waals surface area contributed by atoms with E-state index < -0.39 is 10.0 Å². The average molecular weight is 395 g/mol. The van der Waals surface area contributed by atoms with Crippen molar-refractivity contribution in [3.63, 3.8) is 0 Å². The highest BCUT2D eigenvalue weighted by Gasteiger charge is 2.32. The van der Waals surface area contributed by atoms with Gasteiger partial charge in [0, 0.05) is 42.3 Å². The molecular weight excluding hydrogens is 374 g/mol. The first-order chi connectivity index (χ1) is 13.4. The standard InChI is InChI=1S/C21H21N3O3S/c1-14(25)24-11-8-15-12-16(6-7-21(15)24)28(26,27)23-10-9-18-17-4-2-3-5-19(17)22-20(18)13-23/h2-7,12,22H,8-11,13H2,1H3. The number of anilines is 1. The van der Waals surface area contributed by atoms with Crippen molar-refractivity contribution in [3.8, 4) is 0 Å². The number of hydrogen-bond acceptors (Lipinski definition) is 3. The van der Waals surface area contributed by atoms with E-state index in [1.165, 1.54) is 17.9 Å². The summed E-state index contributed by atoms with van der Waals surface area (Å²) in [5.41, 5.74) is 4.98. The number of aromatic amines is 1. The van der Waals surface area contributed by atoms with Crippen LogP contribution >= 0.6 is 0 Å². The lowest BCUT2D eigenvalue weighted by Crippen LogP contribution is -2.35. The quantitative estimate of drug-likeness (QED) is 0.725. The van der Waals surface area contributed by atoms with Gasteiger partial charge in [-0.3, -0.25) is 4.79 Å². The second kappa shape index (κ2) is 6.18. The highest BCUT2D eigenvalue weighted by Crippen LogP contribution is 2.33. The van der Waals surface area contributed by atoms with Crippen molar-refractivity contribution in [2.75, 3.05) is 18.0 Å². The summed E-state index contributed by atoms with van der Waals surface area (Å²) in [5.74, 6) is -0.0169. The zero-order valence-electron chi connectivity index (χ0n) is 15.6. The number of aromatic nitrogens is 1. The number of para-hydroxylation sites is 1. The van der Waals surface area contributed by atoms with Gasteiger partial charge >= 0.3 is 0 Å². The molecule has 0 saturated carbocycles. The van der Waals surface area contributed by atoms with Gasteiger partial charge in [0.05, 0.1) is 11.4 Å². The Hall–Kier alpha value is -2.64. The van der Waals surface area contributed by atoms with Crippen LogP contribution in [0.4, 0.5) is 5.69 Å². The topological polar surface area (TPSA) is 73.5 Å². The third kappa shape index (κ3) is 2.57. The number of nitrogens with one attached hydrogen (secondary N) is 1. The Labute approximate surface area is 163 Å². The molecule has 0 spiro atoms. The predicted octanol–water partition coefficient (Wildman–Crippen LogP) is 2.82. The number of carbonyl (C=O) groups is 1. The van der Waals surface area contributed by atoms with Gasteiger partial charge in [-0.15, -0.1) is 0 Å². The third-order valence-electron chi connectivity index (χ3n) is 5.81. The molecule has 0 unspecified atom stereocenters. The number of carbonyl (C=O) groups excluding carboxylic acids is 1. The van der Waals surface area contributed by atoms with E-state index in [4.69, 9.17) is 0 Å². The molecule has 0 radical (unpaired) electrons. The first-order valence-electron chi connectivity index (χ1n) is 9.45. The van der Waals surface area contributed by atoms with Crippen molar-refractivity contribution >= 4 is 32.5 Å². The first-order valence-corrected chi connectivity index (χ1v) is 10.9. The number of sulfonamides is 1. The molecule has 5 rings (SSSR count). The van der Waals surface area contributed by atoms with Crippen LogP contribution in [0, 0.1) is 0 Å². The summed E-state index contributed by atoms with van der Waals surface area (Å²) in [5, 5.41) is 1.18. The van der Waals surface area contributed by atoms with E-state index in [9.17, 15) is 13.2 Å². The molecule has 3 heterocycles. The monoisotopic (exact) mass is 395 g/mol. The molecule has 6 nitrogen and oxygen atoms in total. The van der Waals surface area contributed by atoms with Crippen molar-refractivity contribution in [3.05, 3.63) is 59.3 Å². The second-order valence-corrected chi connectivity index (χ2v) is 9.37. The summed E-state index contributed by atoms with van der Waals surface area (Å²) in [6, 6.07) is 13.2. The van der Waals surface area contributed by atoms with Crippen molar-refractivity contribution in [2.24, 2.45) is 0 Å². The maximum Gasteiger partial charge on any atom is 0.243 e. The molecule has 7 heteroatoms. The molecule has 144 valence electrons. The van der Waals surface area contributed by atoms with Crippen LogP contribution in [0.1, 0.15) is 23.7 Å². The Balaban J connectivity index is 1.47. The zero-order valence-corrected chi connectivity index (χ0v) is 16.4. The van der Waals surface area contributed by atoms with Crippen LogP contribution < -0.4 is 4.90 Å². The lowest BCUT2D eigenvalue weighted by Gasteiger charge is -2.26. The minimum Gasteiger partial charge on any atom is -0.357 e. The number of hydrogen-bond donors (Lipinski definition) is 1. The molecule has 0 fully saturated rings. The molecule has 1 N–H and O–H groups in total. The molecule has 28 heavy (non-hydrogen) atoms. The molecule has 0 aliphatic carbocycles. The molecule has 1 aromatic heterocycles. The maximum atomic E-state index is 13.3. The Morgan fingerprint density at radius 2 is 1.89 bits per heavy atom. The van der Waals surface area contributed by atoms with Crippen LogP contribution in [0.5, 0.6) is 0 Å². The SMILES string of the molecule is CC(=O)N1CCc2cc(S(=O)(=O)N3CCc4c([nH]c5ccccc45)C3)ccc21. The maximum absolute atomic E-state index is 13.3. The minimum absolute atomic E-state index is 0.0169. The number of nitrogens with zero attached hydrogens (tertiary/aromatic N) is 2. The van der Waals surface area contributed by atoms with E-state index in [0.717, 1.165) is 22.5 Å². The van der Waals surface area contributed by atoms with Gasteiger partial charge in [-0.2, -0.15) is 4.31 Å². The molecule has 0 saturated heterocycles. The van der Waals surface area contributed by atoms with E-state index in [0.29, 0.717) is 37.4 Å². The largest absolute Gasteiger partial charge is 0.357 e. The molecule has 3 aromatic rings. The van der Waals surface area contributed by atoms with E-state index in [1.54, 1.807) is 27.4 Å². The molecule has 2 aromatic carbocycles. The summed E-state index contributed by atoms with van der Waals surface area (Å²) in [7, 11) is -3.59. The van der Waals surface area contributed by atoms with E-state index in [-0.39, 0.29) is 5.91 Å². The number of fused-ring (bicyclic) bond motifs is 4. The Bertz CT molecular complexity index is 1210. The average Bonchev–Trinajstić information content (AvgIpc) is 3.28. The lowest BCUT2D eigenvalue weighted by molar-refractivity contribution is -0.116. The molecule has 1 amide bonds. The predicted molar refractivity (Wildman–Crippen MR) is 108 cm³/mol. The van der Waals surface area contributed by atoms with Gasteiger partial charge in [0.2, 0.25) is 15.9 Å². The van der Waals surface area contributed by atoms with Gasteiger partial charge in [-0.25, -0.2) is 8.42 Å². The summed E-state index contributed by atoms with van der Waals surface area (Å²) in [6.45, 7) is 2.96. The summed E-state index contributed by atoms with van der Waals surface area (Å²) >= 11 is 0. The Morgan fingerprint density at radius 1 is 1.07 bits per heavy atom. The smallest absolute Gasteiger partial charge is 0.243 e. The summed E-state index contributed by atoms with van der Waals surface area (Å²) < 4.78 is 28.1. The fourth-order valence-corrected chi connectivity index (χ4v) is 5.85. The lowest BCUT2D eigenvalue weighted by atomic mass is 10.1. The Morgan fingerprint density at radius 3 is 2.71 bits per heavy atom. The van der Waals surface area contributed by atoms with Crippen LogP contribution in [0.15, 0.2) is 47.4 Å². The number of rotatable bonds is 2. The van der Waals surface area contributed by atoms with Crippen LogP contribution in [0.2, 0.25) is 0 Å². The van der Waals surface area contributed by atoms with Crippen molar-refractivity contribution in [2.45, 2.75) is 31.2 Å². The van der Waals surface area contributed by atoms with Crippen molar-refractivity contribution < 1.29 is 13.2 Å². The van der Waals surface area contributed by atoms with Gasteiger partial charge in [0.15, 0.2) is 0 Å². The van der Waals surface area contributed by atoms with Gasteiger partial charge in [0.1, 0.15) is 0 Å². The zero-order chi connectivity index (χ0) is 19.5. The highest BCUT2D eigenvalue weighted by molar-refractivity contribution is 7.89.